The minimum atomic E-state index is 0.107. The molecule has 0 amide bonds. The Morgan fingerprint density at radius 2 is 1.48 bits per heavy atom. The average Bonchev–Trinajstić information content (AvgIpc) is 3.01. The molecule has 234 valence electrons. The predicted molar refractivity (Wildman–Crippen MR) is 182 cm³/mol. The van der Waals surface area contributed by atoms with Crippen molar-refractivity contribution in [2.75, 3.05) is 19.7 Å². The number of phenolic OH excluding ortho intramolecular Hbond substituents is 2. The van der Waals surface area contributed by atoms with Gasteiger partial charge in [0.25, 0.3) is 0 Å². The second-order valence-electron chi connectivity index (χ2n) is 12.0. The van der Waals surface area contributed by atoms with Gasteiger partial charge in [-0.2, -0.15) is 0 Å². The van der Waals surface area contributed by atoms with E-state index in [2.05, 4.69) is 80.4 Å². The van der Waals surface area contributed by atoms with Gasteiger partial charge in [-0.15, -0.1) is 0 Å². The van der Waals surface area contributed by atoms with E-state index >= 15 is 0 Å². The first kappa shape index (κ1) is 33.4. The molecule has 0 fully saturated rings. The van der Waals surface area contributed by atoms with E-state index in [1.807, 2.05) is 36.4 Å². The van der Waals surface area contributed by atoms with Gasteiger partial charge >= 0.3 is 0 Å². The van der Waals surface area contributed by atoms with Crippen molar-refractivity contribution < 1.29 is 14.9 Å². The minimum absolute atomic E-state index is 0.107. The first-order valence-electron chi connectivity index (χ1n) is 15.7. The minimum Gasteiger partial charge on any atom is -0.508 e. The van der Waals surface area contributed by atoms with Crippen molar-refractivity contribution in [2.24, 2.45) is 0 Å². The van der Waals surface area contributed by atoms with E-state index in [1.54, 1.807) is 12.1 Å². The monoisotopic (exact) mass is 614 g/mol. The standard InChI is InChI=1S/C38H47ClN2O3/c1-27(2)41(28(3)4)23-20-34(31-9-6-5-7-10-31)35-25-30(15-18-36(35)42)21-24-44-33-16-13-29(14-17-33)19-22-40-26-32-11-8-12-37(43)38(32)39/h5-18,25,27-28,34,40,42-43H,19-24,26H2,1-4H3/t34-/m1/s1. The van der Waals surface area contributed by atoms with Crippen LogP contribution in [0.4, 0.5) is 0 Å². The van der Waals surface area contributed by atoms with Crippen molar-refractivity contribution >= 4 is 11.6 Å². The summed E-state index contributed by atoms with van der Waals surface area (Å²) >= 11 is 6.17. The lowest BCUT2D eigenvalue weighted by atomic mass is 9.86. The Morgan fingerprint density at radius 1 is 0.773 bits per heavy atom. The second-order valence-corrected chi connectivity index (χ2v) is 12.4. The summed E-state index contributed by atoms with van der Waals surface area (Å²) in [7, 11) is 0. The number of halogens is 1. The Bertz CT molecular complexity index is 1430. The first-order valence-corrected chi connectivity index (χ1v) is 16.1. The number of rotatable bonds is 16. The van der Waals surface area contributed by atoms with Gasteiger partial charge in [-0.25, -0.2) is 0 Å². The molecule has 5 nitrogen and oxygen atoms in total. The molecule has 44 heavy (non-hydrogen) atoms. The van der Waals surface area contributed by atoms with Gasteiger partial charge in [-0.05, 0) is 100 Å². The molecule has 4 rings (SSSR count). The maximum atomic E-state index is 11.0. The van der Waals surface area contributed by atoms with Crippen LogP contribution in [0.1, 0.15) is 67.9 Å². The molecule has 4 aromatic carbocycles. The van der Waals surface area contributed by atoms with Gasteiger partial charge in [0.05, 0.1) is 11.6 Å². The quantitative estimate of drug-likeness (QED) is 0.111. The molecule has 4 aromatic rings. The molecule has 0 bridgehead atoms. The number of nitrogens with zero attached hydrogens (tertiary/aromatic N) is 1. The zero-order chi connectivity index (χ0) is 31.5. The third-order valence-corrected chi connectivity index (χ3v) is 8.66. The van der Waals surface area contributed by atoms with E-state index in [9.17, 15) is 10.2 Å². The van der Waals surface area contributed by atoms with Gasteiger partial charge in [0, 0.05) is 36.5 Å². The second kappa shape index (κ2) is 16.5. The lowest BCUT2D eigenvalue weighted by Gasteiger charge is -2.32. The molecule has 0 saturated carbocycles. The molecule has 0 aromatic heterocycles. The lowest BCUT2D eigenvalue weighted by molar-refractivity contribution is 0.170. The Hall–Kier alpha value is -3.51. The number of nitrogens with one attached hydrogen (secondary N) is 1. The fraction of sp³-hybridized carbons (Fsp3) is 0.368. The number of aromatic hydroxyl groups is 2. The summed E-state index contributed by atoms with van der Waals surface area (Å²) in [4.78, 5) is 2.51. The lowest BCUT2D eigenvalue weighted by Crippen LogP contribution is -2.38. The van der Waals surface area contributed by atoms with Crippen molar-refractivity contribution in [3.8, 4) is 17.2 Å². The maximum absolute atomic E-state index is 11.0. The fourth-order valence-corrected chi connectivity index (χ4v) is 6.01. The normalized spacial score (nSPS) is 12.3. The summed E-state index contributed by atoms with van der Waals surface area (Å²) in [6.45, 7) is 11.9. The van der Waals surface area contributed by atoms with Crippen LogP contribution in [-0.2, 0) is 19.4 Å². The molecule has 0 heterocycles. The molecule has 0 aliphatic rings. The largest absolute Gasteiger partial charge is 0.508 e. The highest BCUT2D eigenvalue weighted by Gasteiger charge is 2.21. The molecule has 1 atom stereocenters. The Balaban J connectivity index is 1.32. The van der Waals surface area contributed by atoms with Crippen LogP contribution in [0.5, 0.6) is 17.2 Å². The highest BCUT2D eigenvalue weighted by atomic mass is 35.5. The highest BCUT2D eigenvalue weighted by molar-refractivity contribution is 6.32. The number of benzene rings is 4. The van der Waals surface area contributed by atoms with Crippen LogP contribution in [0.15, 0.2) is 91.0 Å². The smallest absolute Gasteiger partial charge is 0.134 e. The summed E-state index contributed by atoms with van der Waals surface area (Å²) in [6, 6.07) is 31.0. The SMILES string of the molecule is CC(C)N(CC[C@H](c1ccccc1)c1cc(CCOc2ccc(CCNCc3cccc(O)c3Cl)cc2)ccc1O)C(C)C. The van der Waals surface area contributed by atoms with Crippen LogP contribution in [0, 0.1) is 0 Å². The molecular formula is C38H47ClN2O3. The highest BCUT2D eigenvalue weighted by Crippen LogP contribution is 2.35. The van der Waals surface area contributed by atoms with Gasteiger partial charge in [-0.3, -0.25) is 4.90 Å². The van der Waals surface area contributed by atoms with Crippen LogP contribution in [0.3, 0.4) is 0 Å². The third-order valence-electron chi connectivity index (χ3n) is 8.22. The van der Waals surface area contributed by atoms with Crippen LogP contribution < -0.4 is 10.1 Å². The first-order chi connectivity index (χ1) is 21.2. The maximum Gasteiger partial charge on any atom is 0.134 e. The van der Waals surface area contributed by atoms with E-state index in [0.717, 1.165) is 54.8 Å². The molecule has 3 N–H and O–H groups in total. The van der Waals surface area contributed by atoms with Crippen molar-refractivity contribution in [3.05, 3.63) is 124 Å². The molecule has 0 saturated heterocycles. The molecule has 0 unspecified atom stereocenters. The van der Waals surface area contributed by atoms with E-state index in [4.69, 9.17) is 16.3 Å². The number of phenols is 2. The van der Waals surface area contributed by atoms with Crippen LogP contribution in [0.25, 0.3) is 0 Å². The van der Waals surface area contributed by atoms with Crippen LogP contribution in [-0.4, -0.2) is 46.9 Å². The summed E-state index contributed by atoms with van der Waals surface area (Å²) in [6.07, 6.45) is 2.56. The molecule has 0 spiro atoms. The number of hydrogen-bond donors (Lipinski definition) is 3. The van der Waals surface area contributed by atoms with E-state index in [-0.39, 0.29) is 11.7 Å². The van der Waals surface area contributed by atoms with Gasteiger partial charge in [0.1, 0.15) is 17.2 Å². The van der Waals surface area contributed by atoms with Crippen LogP contribution >= 0.6 is 11.6 Å². The predicted octanol–water partition coefficient (Wildman–Crippen LogP) is 8.35. The third kappa shape index (κ3) is 9.49. The summed E-state index contributed by atoms with van der Waals surface area (Å²) in [5, 5.41) is 24.5. The van der Waals surface area contributed by atoms with Crippen molar-refractivity contribution in [3.63, 3.8) is 0 Å². The van der Waals surface area contributed by atoms with Gasteiger partial charge < -0.3 is 20.3 Å². The summed E-state index contributed by atoms with van der Waals surface area (Å²) < 4.78 is 6.10. The van der Waals surface area contributed by atoms with Crippen molar-refractivity contribution in [1.29, 1.82) is 0 Å². The number of ether oxygens (including phenoxy) is 1. The van der Waals surface area contributed by atoms with E-state index in [1.165, 1.54) is 11.1 Å². The zero-order valence-corrected chi connectivity index (χ0v) is 27.2. The molecule has 0 radical (unpaired) electrons. The summed E-state index contributed by atoms with van der Waals surface area (Å²) in [5.74, 6) is 1.41. The van der Waals surface area contributed by atoms with Gasteiger partial charge in [0.15, 0.2) is 0 Å². The van der Waals surface area contributed by atoms with E-state index in [0.29, 0.717) is 36.0 Å². The zero-order valence-electron chi connectivity index (χ0n) is 26.5. The molecule has 0 aliphatic heterocycles. The molecular weight excluding hydrogens is 568 g/mol. The van der Waals surface area contributed by atoms with Gasteiger partial charge in [-0.1, -0.05) is 78.3 Å². The van der Waals surface area contributed by atoms with Crippen molar-refractivity contribution in [1.82, 2.24) is 10.2 Å². The Morgan fingerprint density at radius 3 is 2.18 bits per heavy atom. The Kier molecular flexibility index (Phi) is 12.5. The average molecular weight is 615 g/mol. The topological polar surface area (TPSA) is 65.0 Å². The number of hydrogen-bond acceptors (Lipinski definition) is 5. The van der Waals surface area contributed by atoms with Gasteiger partial charge in [0.2, 0.25) is 0 Å². The van der Waals surface area contributed by atoms with Crippen LogP contribution in [0.2, 0.25) is 5.02 Å². The molecule has 0 aliphatic carbocycles. The molecule has 6 heteroatoms. The van der Waals surface area contributed by atoms with E-state index < -0.39 is 0 Å². The fourth-order valence-electron chi connectivity index (χ4n) is 5.81. The Labute approximate surface area is 268 Å². The summed E-state index contributed by atoms with van der Waals surface area (Å²) in [5.41, 5.74) is 5.46. The van der Waals surface area contributed by atoms with Crippen molar-refractivity contribution in [2.45, 2.75) is 71.5 Å².